The molecule has 1 aromatic carbocycles. The third kappa shape index (κ3) is 3.10. The van der Waals surface area contributed by atoms with Gasteiger partial charge in [-0.05, 0) is 17.7 Å². The van der Waals surface area contributed by atoms with Gasteiger partial charge in [0, 0.05) is 23.9 Å². The quantitative estimate of drug-likeness (QED) is 0.844. The van der Waals surface area contributed by atoms with Crippen LogP contribution in [0.1, 0.15) is 15.9 Å². The number of hydrogen-bond donors (Lipinski definition) is 1. The van der Waals surface area contributed by atoms with Crippen LogP contribution >= 0.6 is 11.8 Å². The molecule has 88 valence electrons. The van der Waals surface area contributed by atoms with Crippen molar-refractivity contribution >= 4 is 17.7 Å². The molecule has 0 unspecified atom stereocenters. The van der Waals surface area contributed by atoms with E-state index >= 15 is 0 Å². The Labute approximate surface area is 103 Å². The fraction of sp³-hybridized carbons (Fsp3) is 0.167. The molecule has 4 nitrogen and oxygen atoms in total. The van der Waals surface area contributed by atoms with Gasteiger partial charge in [-0.25, -0.2) is 4.79 Å². The first-order valence-corrected chi connectivity index (χ1v) is 6.07. The van der Waals surface area contributed by atoms with Crippen LogP contribution < -0.4 is 0 Å². The number of carboxylic acid groups (broad SMARTS) is 1. The summed E-state index contributed by atoms with van der Waals surface area (Å²) in [7, 11) is 1.87. The number of aromatic nitrogens is 2. The molecule has 0 spiro atoms. The van der Waals surface area contributed by atoms with E-state index in [0.29, 0.717) is 5.56 Å². The first kappa shape index (κ1) is 11.7. The normalized spacial score (nSPS) is 10.4. The average Bonchev–Trinajstić information content (AvgIpc) is 2.73. The lowest BCUT2D eigenvalue weighted by Gasteiger charge is -2.01. The summed E-state index contributed by atoms with van der Waals surface area (Å²) < 4.78 is 1.75. The molecule has 0 bridgehead atoms. The summed E-state index contributed by atoms with van der Waals surface area (Å²) in [6.07, 6.45) is 3.73. The molecule has 1 heterocycles. The van der Waals surface area contributed by atoms with Gasteiger partial charge in [0.1, 0.15) is 0 Å². The summed E-state index contributed by atoms with van der Waals surface area (Å²) in [6.45, 7) is 0. The molecular formula is C12H12N2O2S. The molecule has 0 atom stereocenters. The molecule has 2 aromatic rings. The third-order valence-corrected chi connectivity index (χ3v) is 3.28. The Morgan fingerprint density at radius 2 is 2.35 bits per heavy atom. The molecule has 0 fully saturated rings. The Morgan fingerprint density at radius 3 is 3.00 bits per heavy atom. The number of aromatic carboxylic acids is 1. The van der Waals surface area contributed by atoms with E-state index in [4.69, 9.17) is 5.11 Å². The van der Waals surface area contributed by atoms with Crippen LogP contribution in [0, 0.1) is 0 Å². The van der Waals surface area contributed by atoms with Crippen LogP contribution in [-0.4, -0.2) is 20.9 Å². The average molecular weight is 248 g/mol. The molecule has 2 rings (SSSR count). The van der Waals surface area contributed by atoms with Crippen LogP contribution in [0.2, 0.25) is 0 Å². The maximum absolute atomic E-state index is 10.8. The maximum atomic E-state index is 10.8. The second kappa shape index (κ2) is 5.05. The highest BCUT2D eigenvalue weighted by molar-refractivity contribution is 7.98. The zero-order chi connectivity index (χ0) is 12.3. The van der Waals surface area contributed by atoms with Crippen molar-refractivity contribution in [2.45, 2.75) is 10.6 Å². The van der Waals surface area contributed by atoms with Crippen molar-refractivity contribution in [3.8, 4) is 0 Å². The van der Waals surface area contributed by atoms with Crippen molar-refractivity contribution in [1.29, 1.82) is 0 Å². The van der Waals surface area contributed by atoms with Crippen molar-refractivity contribution in [2.24, 2.45) is 7.05 Å². The van der Waals surface area contributed by atoms with Gasteiger partial charge in [-0.2, -0.15) is 5.10 Å². The van der Waals surface area contributed by atoms with Gasteiger partial charge in [-0.3, -0.25) is 4.68 Å². The largest absolute Gasteiger partial charge is 0.478 e. The molecule has 0 amide bonds. The Hall–Kier alpha value is -1.75. The van der Waals surface area contributed by atoms with E-state index in [9.17, 15) is 4.79 Å². The molecule has 0 saturated carbocycles. The number of thioether (sulfide) groups is 1. The minimum absolute atomic E-state index is 0.328. The maximum Gasteiger partial charge on any atom is 0.335 e. The highest BCUT2D eigenvalue weighted by Crippen LogP contribution is 2.22. The van der Waals surface area contributed by atoms with Crippen LogP contribution in [-0.2, 0) is 12.8 Å². The predicted molar refractivity (Wildman–Crippen MR) is 66.2 cm³/mol. The number of hydrogen-bond acceptors (Lipinski definition) is 3. The number of nitrogens with zero attached hydrogens (tertiary/aromatic N) is 2. The molecule has 1 aromatic heterocycles. The minimum Gasteiger partial charge on any atom is -0.478 e. The summed E-state index contributed by atoms with van der Waals surface area (Å²) in [5.74, 6) is -0.148. The van der Waals surface area contributed by atoms with E-state index in [1.165, 1.54) is 0 Å². The van der Waals surface area contributed by atoms with Crippen LogP contribution in [0.4, 0.5) is 0 Å². The van der Waals surface area contributed by atoms with Crippen LogP contribution in [0.3, 0.4) is 0 Å². The monoisotopic (exact) mass is 248 g/mol. The Kier molecular flexibility index (Phi) is 3.49. The van der Waals surface area contributed by atoms with Crippen LogP contribution in [0.15, 0.2) is 41.6 Å². The minimum atomic E-state index is -0.891. The summed E-state index contributed by atoms with van der Waals surface area (Å²) in [4.78, 5) is 11.9. The van der Waals surface area contributed by atoms with Gasteiger partial charge in [0.25, 0.3) is 0 Å². The van der Waals surface area contributed by atoms with Crippen molar-refractivity contribution in [3.05, 3.63) is 47.8 Å². The lowest BCUT2D eigenvalue weighted by atomic mass is 10.1. The second-order valence-corrected chi connectivity index (χ2v) is 4.69. The lowest BCUT2D eigenvalue weighted by Crippen LogP contribution is -1.96. The van der Waals surface area contributed by atoms with Crippen molar-refractivity contribution in [3.63, 3.8) is 0 Å². The SMILES string of the molecule is Cn1cc(SCc2cccc(C(=O)O)c2)cn1. The molecule has 0 saturated heterocycles. The lowest BCUT2D eigenvalue weighted by molar-refractivity contribution is 0.0697. The van der Waals surface area contributed by atoms with Gasteiger partial charge in [-0.1, -0.05) is 12.1 Å². The number of carbonyl (C=O) groups is 1. The Morgan fingerprint density at radius 1 is 1.53 bits per heavy atom. The zero-order valence-corrected chi connectivity index (χ0v) is 10.1. The molecule has 17 heavy (non-hydrogen) atoms. The number of carboxylic acids is 1. The summed E-state index contributed by atoms with van der Waals surface area (Å²) >= 11 is 1.64. The highest BCUT2D eigenvalue weighted by atomic mass is 32.2. The smallest absolute Gasteiger partial charge is 0.335 e. The summed E-state index contributed by atoms with van der Waals surface area (Å²) in [5.41, 5.74) is 1.33. The standard InChI is InChI=1S/C12H12N2O2S/c1-14-7-11(6-13-14)17-8-9-3-2-4-10(5-9)12(15)16/h2-7H,8H2,1H3,(H,15,16). The number of benzene rings is 1. The molecule has 1 N–H and O–H groups in total. The third-order valence-electron chi connectivity index (χ3n) is 2.26. The van der Waals surface area contributed by atoms with Gasteiger partial charge in [-0.15, -0.1) is 11.8 Å². The zero-order valence-electron chi connectivity index (χ0n) is 9.33. The fourth-order valence-corrected chi connectivity index (χ4v) is 2.30. The first-order chi connectivity index (χ1) is 8.15. The van der Waals surface area contributed by atoms with Crippen molar-refractivity contribution < 1.29 is 9.90 Å². The van der Waals surface area contributed by atoms with E-state index in [2.05, 4.69) is 5.10 Å². The number of rotatable bonds is 4. The van der Waals surface area contributed by atoms with Crippen LogP contribution in [0.25, 0.3) is 0 Å². The van der Waals surface area contributed by atoms with E-state index in [1.807, 2.05) is 19.3 Å². The molecule has 0 aliphatic carbocycles. The van der Waals surface area contributed by atoms with Gasteiger partial charge in [0.05, 0.1) is 11.8 Å². The van der Waals surface area contributed by atoms with Crippen molar-refractivity contribution in [2.75, 3.05) is 0 Å². The Bertz CT molecular complexity index is 537. The predicted octanol–water partition coefficient (Wildman–Crippen LogP) is 2.41. The number of aryl methyl sites for hydroxylation is 1. The molecular weight excluding hydrogens is 236 g/mol. The Balaban J connectivity index is 2.04. The van der Waals surface area contributed by atoms with Crippen molar-refractivity contribution in [1.82, 2.24) is 9.78 Å². The summed E-state index contributed by atoms with van der Waals surface area (Å²) in [6, 6.07) is 6.99. The molecule has 0 radical (unpaired) electrons. The van der Waals surface area contributed by atoms with E-state index in [-0.39, 0.29) is 0 Å². The first-order valence-electron chi connectivity index (χ1n) is 5.09. The van der Waals surface area contributed by atoms with E-state index < -0.39 is 5.97 Å². The fourth-order valence-electron chi connectivity index (χ4n) is 1.43. The van der Waals surface area contributed by atoms with Crippen LogP contribution in [0.5, 0.6) is 0 Å². The molecule has 5 heteroatoms. The topological polar surface area (TPSA) is 55.1 Å². The van der Waals surface area contributed by atoms with Gasteiger partial charge in [0.2, 0.25) is 0 Å². The summed E-state index contributed by atoms with van der Waals surface area (Å²) in [5, 5.41) is 13.0. The van der Waals surface area contributed by atoms with Gasteiger partial charge >= 0.3 is 5.97 Å². The van der Waals surface area contributed by atoms with Gasteiger partial charge in [0.15, 0.2) is 0 Å². The molecule has 0 aliphatic rings. The highest BCUT2D eigenvalue weighted by Gasteiger charge is 2.04. The molecule has 0 aliphatic heterocycles. The van der Waals surface area contributed by atoms with E-state index in [0.717, 1.165) is 16.2 Å². The van der Waals surface area contributed by atoms with E-state index in [1.54, 1.807) is 40.8 Å². The van der Waals surface area contributed by atoms with Gasteiger partial charge < -0.3 is 5.11 Å². The second-order valence-electron chi connectivity index (χ2n) is 3.64.